The average Bonchev–Trinajstić information content (AvgIpc) is 3.44. The molecule has 4 rings (SSSR count). The summed E-state index contributed by atoms with van der Waals surface area (Å²) < 4.78 is 7.24. The fourth-order valence-electron chi connectivity index (χ4n) is 4.55. The van der Waals surface area contributed by atoms with E-state index >= 15 is 0 Å². The van der Waals surface area contributed by atoms with E-state index in [9.17, 15) is 9.59 Å². The number of aromatic nitrogens is 3. The van der Waals surface area contributed by atoms with Crippen LogP contribution in [-0.4, -0.2) is 69.4 Å². The largest absolute Gasteiger partial charge is 0.497 e. The minimum atomic E-state index is -0.0420. The second-order valence-electron chi connectivity index (χ2n) is 8.45. The number of carbonyl (C=O) groups excluding carboxylic acids is 2. The van der Waals surface area contributed by atoms with Gasteiger partial charge in [-0.3, -0.25) is 9.59 Å². The fourth-order valence-corrected chi connectivity index (χ4v) is 4.55. The topological polar surface area (TPSA) is 80.6 Å². The van der Waals surface area contributed by atoms with Gasteiger partial charge in [-0.05, 0) is 51.5 Å². The molecule has 1 fully saturated rings. The van der Waals surface area contributed by atoms with Crippen molar-refractivity contribution in [1.82, 2.24) is 24.3 Å². The molecule has 1 aliphatic heterocycles. The lowest BCUT2D eigenvalue weighted by Gasteiger charge is -2.20. The molecule has 8 heteroatoms. The summed E-state index contributed by atoms with van der Waals surface area (Å²) in [5.41, 5.74) is 2.86. The van der Waals surface area contributed by atoms with E-state index in [1.165, 1.54) is 0 Å². The zero-order chi connectivity index (χ0) is 23.7. The monoisotopic (exact) mass is 449 g/mol. The molecule has 0 radical (unpaired) electrons. The van der Waals surface area contributed by atoms with Crippen LogP contribution in [0.25, 0.3) is 10.9 Å². The average molecular weight is 450 g/mol. The van der Waals surface area contributed by atoms with Crippen LogP contribution >= 0.6 is 0 Å². The molecule has 0 bridgehead atoms. The maximum absolute atomic E-state index is 13.3. The van der Waals surface area contributed by atoms with Gasteiger partial charge in [-0.1, -0.05) is 0 Å². The van der Waals surface area contributed by atoms with Gasteiger partial charge in [-0.2, -0.15) is 0 Å². The number of benzene rings is 1. The first kappa shape index (κ1) is 22.8. The molecular formula is C25H31N5O3. The first-order valence-corrected chi connectivity index (χ1v) is 11.4. The molecule has 33 heavy (non-hydrogen) atoms. The summed E-state index contributed by atoms with van der Waals surface area (Å²) in [4.78, 5) is 38.8. The Balaban J connectivity index is 1.51. The molecular weight excluding hydrogens is 418 g/mol. The normalized spacial score (nSPS) is 15.8. The van der Waals surface area contributed by atoms with E-state index in [1.807, 2.05) is 61.6 Å². The van der Waals surface area contributed by atoms with E-state index in [0.29, 0.717) is 49.0 Å². The predicted molar refractivity (Wildman–Crippen MR) is 127 cm³/mol. The first-order valence-electron chi connectivity index (χ1n) is 11.4. The van der Waals surface area contributed by atoms with Gasteiger partial charge < -0.3 is 19.1 Å². The highest BCUT2D eigenvalue weighted by Gasteiger charge is 2.31. The molecule has 174 valence electrons. The molecule has 0 N–H and O–H groups in total. The number of amides is 2. The predicted octanol–water partition coefficient (Wildman–Crippen LogP) is 3.40. The molecule has 8 nitrogen and oxygen atoms in total. The lowest BCUT2D eigenvalue weighted by Crippen LogP contribution is -2.31. The molecule has 1 aromatic carbocycles. The van der Waals surface area contributed by atoms with Crippen LogP contribution in [0.1, 0.15) is 58.6 Å². The Labute approximate surface area is 194 Å². The molecule has 2 amide bonds. The second kappa shape index (κ2) is 9.21. The van der Waals surface area contributed by atoms with Gasteiger partial charge in [0.2, 0.25) is 0 Å². The van der Waals surface area contributed by atoms with Crippen LogP contribution in [0.15, 0.2) is 30.5 Å². The lowest BCUT2D eigenvalue weighted by molar-refractivity contribution is 0.0768. The van der Waals surface area contributed by atoms with Gasteiger partial charge in [0.05, 0.1) is 18.4 Å². The number of ether oxygens (including phenoxy) is 1. The number of nitrogens with zero attached hydrogens (tertiary/aromatic N) is 5. The van der Waals surface area contributed by atoms with Crippen LogP contribution in [0.3, 0.4) is 0 Å². The highest BCUT2D eigenvalue weighted by Crippen LogP contribution is 2.29. The van der Waals surface area contributed by atoms with Crippen molar-refractivity contribution in [2.45, 2.75) is 33.1 Å². The fraction of sp³-hybridized carbons (Fsp3) is 0.440. The molecule has 1 atom stereocenters. The molecule has 1 aliphatic rings. The summed E-state index contributed by atoms with van der Waals surface area (Å²) in [6.07, 6.45) is 2.44. The number of hydrogen-bond acceptors (Lipinski definition) is 5. The van der Waals surface area contributed by atoms with Crippen LogP contribution in [0.4, 0.5) is 0 Å². The quantitative estimate of drug-likeness (QED) is 0.576. The third-order valence-corrected chi connectivity index (χ3v) is 6.59. The molecule has 1 saturated heterocycles. The van der Waals surface area contributed by atoms with Crippen LogP contribution in [0, 0.1) is 6.92 Å². The number of methoxy groups -OCH3 is 1. The highest BCUT2D eigenvalue weighted by atomic mass is 16.5. The number of carbonyl (C=O) groups is 2. The summed E-state index contributed by atoms with van der Waals surface area (Å²) in [6, 6.07) is 7.73. The van der Waals surface area contributed by atoms with Crippen LogP contribution in [-0.2, 0) is 7.05 Å². The van der Waals surface area contributed by atoms with E-state index in [2.05, 4.69) is 9.97 Å². The van der Waals surface area contributed by atoms with Crippen LogP contribution < -0.4 is 4.74 Å². The number of aryl methyl sites for hydroxylation is 2. The number of fused-ring (bicyclic) bond motifs is 1. The molecule has 0 unspecified atom stereocenters. The van der Waals surface area contributed by atoms with Gasteiger partial charge in [0.15, 0.2) is 0 Å². The number of likely N-dealkylation sites (tertiary alicyclic amines) is 1. The zero-order valence-corrected chi connectivity index (χ0v) is 20.0. The van der Waals surface area contributed by atoms with E-state index in [1.54, 1.807) is 18.2 Å². The third kappa shape index (κ3) is 4.17. The van der Waals surface area contributed by atoms with Crippen LogP contribution in [0.5, 0.6) is 5.75 Å². The Morgan fingerprint density at radius 2 is 1.97 bits per heavy atom. The van der Waals surface area contributed by atoms with Gasteiger partial charge in [0.25, 0.3) is 11.8 Å². The Bertz CT molecular complexity index is 1200. The van der Waals surface area contributed by atoms with E-state index < -0.39 is 0 Å². The molecule has 2 aromatic heterocycles. The first-order chi connectivity index (χ1) is 15.9. The lowest BCUT2D eigenvalue weighted by atomic mass is 10.1. The van der Waals surface area contributed by atoms with Gasteiger partial charge in [-0.25, -0.2) is 9.97 Å². The number of rotatable bonds is 6. The maximum atomic E-state index is 13.3. The molecule has 0 saturated carbocycles. The Morgan fingerprint density at radius 3 is 2.64 bits per heavy atom. The van der Waals surface area contributed by atoms with Crippen molar-refractivity contribution in [1.29, 1.82) is 0 Å². The van der Waals surface area contributed by atoms with Gasteiger partial charge in [-0.15, -0.1) is 0 Å². The third-order valence-electron chi connectivity index (χ3n) is 6.59. The van der Waals surface area contributed by atoms with Gasteiger partial charge in [0, 0.05) is 56.2 Å². The van der Waals surface area contributed by atoms with Crippen molar-refractivity contribution < 1.29 is 14.3 Å². The van der Waals surface area contributed by atoms with Crippen molar-refractivity contribution >= 4 is 22.7 Å². The van der Waals surface area contributed by atoms with E-state index in [4.69, 9.17) is 4.74 Å². The van der Waals surface area contributed by atoms with Crippen molar-refractivity contribution in [2.24, 2.45) is 7.05 Å². The highest BCUT2D eigenvalue weighted by molar-refractivity contribution is 5.99. The summed E-state index contributed by atoms with van der Waals surface area (Å²) >= 11 is 0. The maximum Gasteiger partial charge on any atom is 0.270 e. The van der Waals surface area contributed by atoms with Crippen molar-refractivity contribution in [2.75, 3.05) is 33.3 Å². The van der Waals surface area contributed by atoms with E-state index in [-0.39, 0.29) is 17.7 Å². The second-order valence-corrected chi connectivity index (χ2v) is 8.45. The number of hydrogen-bond donors (Lipinski definition) is 0. The summed E-state index contributed by atoms with van der Waals surface area (Å²) in [5, 5.41) is 0.975. The van der Waals surface area contributed by atoms with E-state index in [0.717, 1.165) is 23.1 Å². The van der Waals surface area contributed by atoms with Gasteiger partial charge >= 0.3 is 0 Å². The summed E-state index contributed by atoms with van der Waals surface area (Å²) in [7, 11) is 3.55. The smallest absolute Gasteiger partial charge is 0.270 e. The summed E-state index contributed by atoms with van der Waals surface area (Å²) in [5.74, 6) is 1.48. The van der Waals surface area contributed by atoms with Crippen molar-refractivity contribution in [3.8, 4) is 5.75 Å². The molecule has 0 aliphatic carbocycles. The summed E-state index contributed by atoms with van der Waals surface area (Å²) in [6.45, 7) is 8.28. The molecule has 3 aromatic rings. The van der Waals surface area contributed by atoms with Gasteiger partial charge in [0.1, 0.15) is 17.3 Å². The van der Waals surface area contributed by atoms with Crippen molar-refractivity contribution in [3.05, 3.63) is 53.2 Å². The molecule has 0 spiro atoms. The SMILES string of the molecule is CCN(CC)C(=O)c1cnc([C@H]2CCN(C(=O)c3cc4cc(OC)ccc4n3C)C2)nc1C. The Kier molecular flexibility index (Phi) is 6.35. The minimum Gasteiger partial charge on any atom is -0.497 e. The molecule has 3 heterocycles. The standard InChI is InChI=1S/C25H31N5O3/c1-6-29(7-2)24(31)20-14-26-23(27-16(20)3)17-10-11-30(15-17)25(32)22-13-18-12-19(33-5)8-9-21(18)28(22)4/h8-9,12-14,17H,6-7,10-11,15H2,1-5H3/t17-/m0/s1. The Hall–Kier alpha value is -3.42. The zero-order valence-electron chi connectivity index (χ0n) is 20.0. The Morgan fingerprint density at radius 1 is 1.21 bits per heavy atom. The minimum absolute atomic E-state index is 0.000204. The van der Waals surface area contributed by atoms with Crippen molar-refractivity contribution in [3.63, 3.8) is 0 Å². The van der Waals surface area contributed by atoms with Crippen LogP contribution in [0.2, 0.25) is 0 Å².